The highest BCUT2D eigenvalue weighted by Gasteiger charge is 2.46. The van der Waals surface area contributed by atoms with Crippen LogP contribution in [0.2, 0.25) is 0 Å². The summed E-state index contributed by atoms with van der Waals surface area (Å²) in [7, 11) is 2.93. The number of nitrogens with two attached hydrogens (primary N) is 1. The number of ether oxygens (including phenoxy) is 2. The fraction of sp³-hybridized carbons (Fsp3) is 0.308. The van der Waals surface area contributed by atoms with Gasteiger partial charge in [0.2, 0.25) is 0 Å². The number of carbonyl (C=O) groups excluding carboxylic acids is 2. The van der Waals surface area contributed by atoms with Gasteiger partial charge in [-0.2, -0.15) is 0 Å². The fourth-order valence-electron chi connectivity index (χ4n) is 4.72. The van der Waals surface area contributed by atoms with Crippen molar-refractivity contribution in [2.24, 2.45) is 11.1 Å². The first-order valence-electron chi connectivity index (χ1n) is 10.6. The Morgan fingerprint density at radius 2 is 1.69 bits per heavy atom. The average Bonchev–Trinajstić information content (AvgIpc) is 2.77. The summed E-state index contributed by atoms with van der Waals surface area (Å²) in [6.45, 7) is 4.16. The number of Topliss-reactive ketones (excluding diaryl/α,β-unsaturated/α-hetero) is 1. The van der Waals surface area contributed by atoms with E-state index < -0.39 is 11.9 Å². The minimum Gasteiger partial charge on any atom is -0.497 e. The molecule has 0 saturated heterocycles. The summed E-state index contributed by atoms with van der Waals surface area (Å²) < 4.78 is 10.4. The Hall–Kier alpha value is -3.54. The van der Waals surface area contributed by atoms with E-state index >= 15 is 0 Å². The van der Waals surface area contributed by atoms with E-state index in [9.17, 15) is 9.59 Å². The molecule has 4 rings (SSSR count). The highest BCUT2D eigenvalue weighted by molar-refractivity contribution is 6.05. The van der Waals surface area contributed by atoms with Crippen LogP contribution in [0.3, 0.4) is 0 Å². The van der Waals surface area contributed by atoms with Crippen molar-refractivity contribution >= 4 is 17.4 Å². The summed E-state index contributed by atoms with van der Waals surface area (Å²) in [5.74, 6) is -0.155. The van der Waals surface area contributed by atoms with Crippen molar-refractivity contribution < 1.29 is 19.1 Å². The molecule has 0 saturated carbocycles. The second-order valence-corrected chi connectivity index (χ2v) is 8.97. The molecule has 1 heterocycles. The third kappa shape index (κ3) is 3.66. The molecule has 0 radical (unpaired) electrons. The van der Waals surface area contributed by atoms with Gasteiger partial charge in [0, 0.05) is 23.4 Å². The number of para-hydroxylation sites is 1. The number of anilines is 1. The summed E-state index contributed by atoms with van der Waals surface area (Å²) in [6, 6.07) is 17.0. The van der Waals surface area contributed by atoms with Crippen molar-refractivity contribution in [1.82, 2.24) is 0 Å². The molecule has 0 aromatic heterocycles. The molecule has 32 heavy (non-hydrogen) atoms. The molecule has 6 heteroatoms. The maximum absolute atomic E-state index is 13.6. The molecule has 0 fully saturated rings. The Morgan fingerprint density at radius 1 is 1.03 bits per heavy atom. The van der Waals surface area contributed by atoms with Crippen LogP contribution in [0.25, 0.3) is 0 Å². The van der Waals surface area contributed by atoms with Crippen molar-refractivity contribution in [3.05, 3.63) is 82.8 Å². The van der Waals surface area contributed by atoms with Gasteiger partial charge in [0.05, 0.1) is 25.7 Å². The molecular formula is C26H28N2O4. The normalized spacial score (nSPS) is 20.2. The number of carbonyl (C=O) groups is 2. The van der Waals surface area contributed by atoms with Crippen LogP contribution in [0.15, 0.2) is 77.3 Å². The molecule has 1 aliphatic carbocycles. The standard InChI is InChI=1S/C26H28N2O4/c1-26(2)14-19-22(20(29)15-26)21(16-10-12-18(31-3)13-11-16)23(25(30)32-4)24(27)28(19)17-8-6-5-7-9-17/h5-13,21H,14-15,27H2,1-4H3. The minimum atomic E-state index is -0.605. The zero-order chi connectivity index (χ0) is 23.0. The lowest BCUT2D eigenvalue weighted by molar-refractivity contribution is -0.136. The van der Waals surface area contributed by atoms with E-state index in [1.807, 2.05) is 59.5 Å². The Balaban J connectivity index is 2.00. The smallest absolute Gasteiger partial charge is 0.338 e. The van der Waals surface area contributed by atoms with E-state index in [4.69, 9.17) is 15.2 Å². The van der Waals surface area contributed by atoms with Gasteiger partial charge in [0.1, 0.15) is 11.6 Å². The Kier molecular flexibility index (Phi) is 5.55. The number of nitrogens with zero attached hydrogens (tertiary/aromatic N) is 1. The summed E-state index contributed by atoms with van der Waals surface area (Å²) in [5, 5.41) is 0. The second-order valence-electron chi connectivity index (χ2n) is 8.97. The minimum absolute atomic E-state index is 0.0203. The summed E-state index contributed by atoms with van der Waals surface area (Å²) in [4.78, 5) is 28.4. The molecule has 1 unspecified atom stereocenters. The van der Waals surface area contributed by atoms with Crippen LogP contribution >= 0.6 is 0 Å². The maximum Gasteiger partial charge on any atom is 0.338 e. The molecule has 2 aromatic carbocycles. The molecule has 6 nitrogen and oxygen atoms in total. The number of benzene rings is 2. The number of hydrogen-bond acceptors (Lipinski definition) is 6. The second kappa shape index (κ2) is 8.19. The molecule has 2 aromatic rings. The highest BCUT2D eigenvalue weighted by Crippen LogP contribution is 2.50. The Labute approximate surface area is 188 Å². The Morgan fingerprint density at radius 3 is 2.28 bits per heavy atom. The molecule has 2 N–H and O–H groups in total. The predicted octanol–water partition coefficient (Wildman–Crippen LogP) is 4.29. The van der Waals surface area contributed by atoms with E-state index in [1.165, 1.54) is 7.11 Å². The molecule has 166 valence electrons. The van der Waals surface area contributed by atoms with Crippen molar-refractivity contribution in [2.75, 3.05) is 19.1 Å². The van der Waals surface area contributed by atoms with Gasteiger partial charge in [-0.3, -0.25) is 9.69 Å². The van der Waals surface area contributed by atoms with Gasteiger partial charge in [0.25, 0.3) is 0 Å². The van der Waals surface area contributed by atoms with Crippen molar-refractivity contribution in [3.63, 3.8) is 0 Å². The topological polar surface area (TPSA) is 81.9 Å². The van der Waals surface area contributed by atoms with Gasteiger partial charge < -0.3 is 15.2 Å². The SMILES string of the molecule is COC(=O)C1=C(N)N(c2ccccc2)C2=C(C(=O)CC(C)(C)C2)C1c1ccc(OC)cc1. The number of methoxy groups -OCH3 is 2. The van der Waals surface area contributed by atoms with E-state index in [0.717, 1.165) is 16.9 Å². The van der Waals surface area contributed by atoms with Crippen LogP contribution in [0.4, 0.5) is 5.69 Å². The first kappa shape index (κ1) is 21.7. The monoisotopic (exact) mass is 432 g/mol. The maximum atomic E-state index is 13.6. The van der Waals surface area contributed by atoms with E-state index in [2.05, 4.69) is 13.8 Å². The lowest BCUT2D eigenvalue weighted by atomic mass is 9.68. The van der Waals surface area contributed by atoms with Crippen molar-refractivity contribution in [3.8, 4) is 5.75 Å². The third-order valence-electron chi connectivity index (χ3n) is 6.13. The van der Waals surface area contributed by atoms with Crippen LogP contribution in [0.5, 0.6) is 5.75 Å². The van der Waals surface area contributed by atoms with Gasteiger partial charge in [-0.05, 0) is 41.7 Å². The van der Waals surface area contributed by atoms with Crippen molar-refractivity contribution in [1.29, 1.82) is 0 Å². The highest BCUT2D eigenvalue weighted by atomic mass is 16.5. The van der Waals surface area contributed by atoms with Crippen LogP contribution in [0.1, 0.15) is 38.2 Å². The van der Waals surface area contributed by atoms with Crippen LogP contribution in [-0.4, -0.2) is 26.0 Å². The van der Waals surface area contributed by atoms with Gasteiger partial charge in [0.15, 0.2) is 5.78 Å². The van der Waals surface area contributed by atoms with Gasteiger partial charge in [-0.25, -0.2) is 4.79 Å². The largest absolute Gasteiger partial charge is 0.497 e. The Bertz CT molecular complexity index is 1110. The van der Waals surface area contributed by atoms with Gasteiger partial charge in [-0.1, -0.05) is 44.2 Å². The fourth-order valence-corrected chi connectivity index (χ4v) is 4.72. The zero-order valence-electron chi connectivity index (χ0n) is 18.8. The molecule has 1 aliphatic heterocycles. The first-order chi connectivity index (χ1) is 15.3. The molecule has 0 amide bonds. The average molecular weight is 433 g/mol. The van der Waals surface area contributed by atoms with E-state index in [0.29, 0.717) is 24.2 Å². The van der Waals surface area contributed by atoms with Crippen LogP contribution in [0, 0.1) is 5.41 Å². The lowest BCUT2D eigenvalue weighted by Crippen LogP contribution is -2.43. The molecular weight excluding hydrogens is 404 g/mol. The molecule has 1 atom stereocenters. The van der Waals surface area contributed by atoms with Crippen molar-refractivity contribution in [2.45, 2.75) is 32.6 Å². The number of ketones is 1. The summed E-state index contributed by atoms with van der Waals surface area (Å²) >= 11 is 0. The number of allylic oxidation sites excluding steroid dienone is 2. The molecule has 2 aliphatic rings. The molecule has 0 bridgehead atoms. The number of hydrogen-bond donors (Lipinski definition) is 1. The van der Waals surface area contributed by atoms with E-state index in [1.54, 1.807) is 7.11 Å². The third-order valence-corrected chi connectivity index (χ3v) is 6.13. The lowest BCUT2D eigenvalue weighted by Gasteiger charge is -2.44. The number of rotatable bonds is 4. The van der Waals surface area contributed by atoms with Gasteiger partial charge >= 0.3 is 5.97 Å². The van der Waals surface area contributed by atoms with Crippen LogP contribution in [-0.2, 0) is 14.3 Å². The van der Waals surface area contributed by atoms with E-state index in [-0.39, 0.29) is 22.6 Å². The summed E-state index contributed by atoms with van der Waals surface area (Å²) in [5.41, 5.74) is 9.78. The quantitative estimate of drug-likeness (QED) is 0.726. The van der Waals surface area contributed by atoms with Gasteiger partial charge in [-0.15, -0.1) is 0 Å². The summed E-state index contributed by atoms with van der Waals surface area (Å²) in [6.07, 6.45) is 1.06. The molecule has 0 spiro atoms. The zero-order valence-corrected chi connectivity index (χ0v) is 18.8. The number of esters is 1. The predicted molar refractivity (Wildman–Crippen MR) is 123 cm³/mol. The van der Waals surface area contributed by atoms with Crippen LogP contribution < -0.4 is 15.4 Å². The first-order valence-corrected chi connectivity index (χ1v) is 10.6.